The van der Waals surface area contributed by atoms with Gasteiger partial charge in [-0.25, -0.2) is 0 Å². The Morgan fingerprint density at radius 1 is 1.20 bits per heavy atom. The number of carbonyl (C=O) groups excluding carboxylic acids is 3. The van der Waals surface area contributed by atoms with Gasteiger partial charge in [0.2, 0.25) is 0 Å². The van der Waals surface area contributed by atoms with E-state index in [9.17, 15) is 14.4 Å². The summed E-state index contributed by atoms with van der Waals surface area (Å²) < 4.78 is 10.3. The maximum absolute atomic E-state index is 12.5. The van der Waals surface area contributed by atoms with Crippen LogP contribution in [0.25, 0.3) is 0 Å². The minimum absolute atomic E-state index is 0.149. The van der Waals surface area contributed by atoms with Gasteiger partial charge in [0.05, 0.1) is 13.0 Å². The highest BCUT2D eigenvalue weighted by Crippen LogP contribution is 2.32. The van der Waals surface area contributed by atoms with E-state index in [0.717, 1.165) is 25.7 Å². The van der Waals surface area contributed by atoms with E-state index >= 15 is 0 Å². The van der Waals surface area contributed by atoms with E-state index in [1.807, 2.05) is 12.2 Å². The fraction of sp³-hybridized carbons (Fsp3) is 0.800. The zero-order chi connectivity index (χ0) is 22.6. The fourth-order valence-electron chi connectivity index (χ4n) is 4.28. The molecule has 1 aliphatic carbocycles. The third-order valence-corrected chi connectivity index (χ3v) is 6.40. The van der Waals surface area contributed by atoms with Crippen molar-refractivity contribution in [2.75, 3.05) is 14.2 Å². The Labute approximate surface area is 183 Å². The number of allylic oxidation sites excluding steroid dienone is 1. The Kier molecular flexibility index (Phi) is 12.2. The van der Waals surface area contributed by atoms with Crippen LogP contribution in [0.2, 0.25) is 0 Å². The average Bonchev–Trinajstić information content (AvgIpc) is 3.15. The lowest BCUT2D eigenvalue weighted by Crippen LogP contribution is -2.27. The van der Waals surface area contributed by atoms with E-state index in [1.54, 1.807) is 7.11 Å². The van der Waals surface area contributed by atoms with Crippen molar-refractivity contribution in [1.29, 1.82) is 0 Å². The predicted octanol–water partition coefficient (Wildman–Crippen LogP) is 5.45. The second-order valence-electron chi connectivity index (χ2n) is 9.34. The molecule has 1 rings (SSSR count). The number of hydrogen-bond acceptors (Lipinski definition) is 5. The summed E-state index contributed by atoms with van der Waals surface area (Å²) >= 11 is 0. The first-order valence-corrected chi connectivity index (χ1v) is 11.6. The molecule has 0 aromatic carbocycles. The number of rotatable bonds is 15. The molecule has 1 aliphatic rings. The van der Waals surface area contributed by atoms with Gasteiger partial charge in [0.25, 0.3) is 0 Å². The molecule has 0 N–H and O–H groups in total. The molecule has 0 aromatic heterocycles. The van der Waals surface area contributed by atoms with Gasteiger partial charge < -0.3 is 9.47 Å². The molecule has 0 bridgehead atoms. The van der Waals surface area contributed by atoms with Crippen molar-refractivity contribution in [1.82, 2.24) is 0 Å². The minimum Gasteiger partial charge on any atom is -0.469 e. The summed E-state index contributed by atoms with van der Waals surface area (Å²) in [4.78, 5) is 36.7. The van der Waals surface area contributed by atoms with E-state index in [2.05, 4.69) is 20.8 Å². The SMILES string of the molecule is CCCCC(C)(C)CCC(=O)C(CC=CCC[C@H](C(=O)OC)[C@H]1CCCC1=O)OC. The van der Waals surface area contributed by atoms with Gasteiger partial charge in [-0.2, -0.15) is 0 Å². The standard InChI is InChI=1S/C25H42O5/c1-6-7-17-25(2,3)18-16-22(27)23(29-4)15-10-8-9-12-20(24(28)30-5)19-13-11-14-21(19)26/h8,10,19-20,23H,6-7,9,11-18H2,1-5H3/t19-,20+,23?/m1/s1. The summed E-state index contributed by atoms with van der Waals surface area (Å²) in [5.74, 6) is -0.522. The summed E-state index contributed by atoms with van der Waals surface area (Å²) in [5.41, 5.74) is 0.181. The number of Topliss-reactive ketones (excluding diaryl/α,β-unsaturated/α-hetero) is 2. The quantitative estimate of drug-likeness (QED) is 0.259. The maximum atomic E-state index is 12.5. The molecule has 5 heteroatoms. The zero-order valence-corrected chi connectivity index (χ0v) is 19.7. The number of hydrogen-bond donors (Lipinski definition) is 0. The first kappa shape index (κ1) is 26.5. The second-order valence-corrected chi connectivity index (χ2v) is 9.34. The van der Waals surface area contributed by atoms with Crippen molar-refractivity contribution in [2.24, 2.45) is 17.3 Å². The summed E-state index contributed by atoms with van der Waals surface area (Å²) in [7, 11) is 2.96. The van der Waals surface area contributed by atoms with Crippen LogP contribution < -0.4 is 0 Å². The first-order valence-electron chi connectivity index (χ1n) is 11.6. The third kappa shape index (κ3) is 9.11. The Hall–Kier alpha value is -1.49. The minimum atomic E-state index is -0.420. The van der Waals surface area contributed by atoms with Gasteiger partial charge in [0.1, 0.15) is 11.9 Å². The fourth-order valence-corrected chi connectivity index (χ4v) is 4.28. The van der Waals surface area contributed by atoms with E-state index in [1.165, 1.54) is 20.0 Å². The predicted molar refractivity (Wildman–Crippen MR) is 119 cm³/mol. The first-order chi connectivity index (χ1) is 14.3. The van der Waals surface area contributed by atoms with Crippen LogP contribution in [0.5, 0.6) is 0 Å². The van der Waals surface area contributed by atoms with E-state index in [0.29, 0.717) is 32.1 Å². The maximum Gasteiger partial charge on any atom is 0.309 e. The van der Waals surface area contributed by atoms with Crippen molar-refractivity contribution in [3.8, 4) is 0 Å². The molecule has 0 radical (unpaired) electrons. The van der Waals surface area contributed by atoms with Crippen LogP contribution in [0.3, 0.4) is 0 Å². The lowest BCUT2D eigenvalue weighted by molar-refractivity contribution is -0.149. The highest BCUT2D eigenvalue weighted by atomic mass is 16.5. The van der Waals surface area contributed by atoms with Gasteiger partial charge in [-0.15, -0.1) is 0 Å². The normalized spacial score (nSPS) is 19.2. The molecule has 5 nitrogen and oxygen atoms in total. The second kappa shape index (κ2) is 13.7. The monoisotopic (exact) mass is 422 g/mol. The Morgan fingerprint density at radius 3 is 2.50 bits per heavy atom. The van der Waals surface area contributed by atoms with Crippen molar-refractivity contribution in [3.05, 3.63) is 12.2 Å². The van der Waals surface area contributed by atoms with Gasteiger partial charge in [0.15, 0.2) is 5.78 Å². The Balaban J connectivity index is 2.46. The number of ketones is 2. The molecule has 172 valence electrons. The summed E-state index contributed by atoms with van der Waals surface area (Å²) in [5, 5.41) is 0. The summed E-state index contributed by atoms with van der Waals surface area (Å²) in [6.07, 6.45) is 12.5. The molecule has 1 fully saturated rings. The molecule has 1 unspecified atom stereocenters. The highest BCUT2D eigenvalue weighted by Gasteiger charge is 2.36. The van der Waals surface area contributed by atoms with Gasteiger partial charge in [0, 0.05) is 25.9 Å². The van der Waals surface area contributed by atoms with Crippen LogP contribution in [0.1, 0.15) is 91.4 Å². The molecule has 0 heterocycles. The van der Waals surface area contributed by atoms with Gasteiger partial charge in [-0.3, -0.25) is 14.4 Å². The summed E-state index contributed by atoms with van der Waals surface area (Å²) in [6, 6.07) is 0. The molecular weight excluding hydrogens is 380 g/mol. The summed E-state index contributed by atoms with van der Waals surface area (Å²) in [6.45, 7) is 6.64. The lowest BCUT2D eigenvalue weighted by atomic mass is 9.81. The van der Waals surface area contributed by atoms with E-state index in [-0.39, 0.29) is 34.8 Å². The average molecular weight is 423 g/mol. The largest absolute Gasteiger partial charge is 0.469 e. The van der Waals surface area contributed by atoms with Crippen LogP contribution in [-0.4, -0.2) is 37.9 Å². The number of esters is 1. The molecule has 0 aliphatic heterocycles. The smallest absolute Gasteiger partial charge is 0.309 e. The zero-order valence-electron chi connectivity index (χ0n) is 19.7. The number of unbranched alkanes of at least 4 members (excludes halogenated alkanes) is 1. The molecule has 0 saturated heterocycles. The highest BCUT2D eigenvalue weighted by molar-refractivity contribution is 5.88. The molecule has 0 spiro atoms. The van der Waals surface area contributed by atoms with Crippen molar-refractivity contribution in [2.45, 2.75) is 97.5 Å². The van der Waals surface area contributed by atoms with Crippen LogP contribution in [0.15, 0.2) is 12.2 Å². The third-order valence-electron chi connectivity index (χ3n) is 6.40. The van der Waals surface area contributed by atoms with E-state index < -0.39 is 6.10 Å². The molecule has 3 atom stereocenters. The van der Waals surface area contributed by atoms with Crippen LogP contribution in [0.4, 0.5) is 0 Å². The number of methoxy groups -OCH3 is 2. The van der Waals surface area contributed by atoms with Gasteiger partial charge in [-0.1, -0.05) is 45.8 Å². The number of carbonyl (C=O) groups is 3. The lowest BCUT2D eigenvalue weighted by Gasteiger charge is -2.24. The molecular formula is C25H42O5. The van der Waals surface area contributed by atoms with Crippen molar-refractivity contribution in [3.63, 3.8) is 0 Å². The van der Waals surface area contributed by atoms with Crippen LogP contribution in [0, 0.1) is 17.3 Å². The molecule has 1 saturated carbocycles. The van der Waals surface area contributed by atoms with Crippen molar-refractivity contribution >= 4 is 17.5 Å². The molecule has 30 heavy (non-hydrogen) atoms. The van der Waals surface area contributed by atoms with Gasteiger partial charge >= 0.3 is 5.97 Å². The van der Waals surface area contributed by atoms with Gasteiger partial charge in [-0.05, 0) is 50.4 Å². The van der Waals surface area contributed by atoms with Crippen LogP contribution >= 0.6 is 0 Å². The number of ether oxygens (including phenoxy) is 2. The van der Waals surface area contributed by atoms with Crippen LogP contribution in [-0.2, 0) is 23.9 Å². The Morgan fingerprint density at radius 2 is 1.93 bits per heavy atom. The van der Waals surface area contributed by atoms with E-state index in [4.69, 9.17) is 9.47 Å². The molecule has 0 amide bonds. The Bertz CT molecular complexity index is 578. The molecule has 0 aromatic rings. The van der Waals surface area contributed by atoms with Crippen molar-refractivity contribution < 1.29 is 23.9 Å². The topological polar surface area (TPSA) is 69.7 Å².